The summed E-state index contributed by atoms with van der Waals surface area (Å²) in [6.45, 7) is 5.48. The molecule has 1 fully saturated rings. The molecule has 2 aromatic rings. The number of hydrogen-bond donors (Lipinski definition) is 2. The number of halogens is 1. The third kappa shape index (κ3) is 2.66. The molecule has 0 aliphatic carbocycles. The van der Waals surface area contributed by atoms with E-state index in [1.54, 1.807) is 4.57 Å². The number of nitrogens with one attached hydrogen (secondary N) is 1. The Balaban J connectivity index is 1.71. The highest BCUT2D eigenvalue weighted by Gasteiger charge is 2.36. The molecule has 3 atom stereocenters. The van der Waals surface area contributed by atoms with Crippen molar-refractivity contribution in [3.8, 4) is 5.75 Å². The highest BCUT2D eigenvalue weighted by atomic mass is 19.1. The molecule has 7 nitrogen and oxygen atoms in total. The minimum atomic E-state index is -1.32. The summed E-state index contributed by atoms with van der Waals surface area (Å²) in [6.07, 6.45) is 4.51. The number of carbonyl (C=O) groups is 1. The van der Waals surface area contributed by atoms with E-state index in [4.69, 9.17) is 4.74 Å². The molecule has 8 heteroatoms. The molecule has 4 heterocycles. The van der Waals surface area contributed by atoms with Gasteiger partial charge < -0.3 is 24.6 Å². The summed E-state index contributed by atoms with van der Waals surface area (Å²) in [5, 5.41) is 13.0. The monoisotopic (exact) mass is 399 g/mol. The number of rotatable bonds is 2. The van der Waals surface area contributed by atoms with Crippen molar-refractivity contribution in [1.82, 2.24) is 9.88 Å². The van der Waals surface area contributed by atoms with Gasteiger partial charge in [-0.15, -0.1) is 0 Å². The number of ether oxygens (including phenoxy) is 1. The quantitative estimate of drug-likeness (QED) is 0.754. The topological polar surface area (TPSA) is 83.8 Å². The maximum atomic E-state index is 15.3. The largest absolute Gasteiger partial charge is 0.487 e. The molecule has 0 saturated carbocycles. The Morgan fingerprint density at radius 3 is 2.93 bits per heavy atom. The minimum Gasteiger partial charge on any atom is -0.487 e. The van der Waals surface area contributed by atoms with Crippen molar-refractivity contribution >= 4 is 22.6 Å². The Kier molecular flexibility index (Phi) is 3.96. The zero-order valence-electron chi connectivity index (χ0n) is 16.2. The van der Waals surface area contributed by atoms with Gasteiger partial charge in [0.2, 0.25) is 5.43 Å². The van der Waals surface area contributed by atoms with Crippen molar-refractivity contribution in [3.63, 3.8) is 0 Å². The van der Waals surface area contributed by atoms with Gasteiger partial charge in [-0.05, 0) is 31.9 Å². The number of benzene rings is 1. The molecular weight excluding hydrogens is 377 g/mol. The number of carboxylic acids is 1. The van der Waals surface area contributed by atoms with E-state index in [9.17, 15) is 14.7 Å². The summed E-state index contributed by atoms with van der Waals surface area (Å²) < 4.78 is 22.9. The van der Waals surface area contributed by atoms with E-state index in [0.29, 0.717) is 36.1 Å². The van der Waals surface area contributed by atoms with Crippen LogP contribution in [-0.4, -0.2) is 47.4 Å². The second-order valence-electron chi connectivity index (χ2n) is 8.19. The van der Waals surface area contributed by atoms with Crippen LogP contribution in [0.2, 0.25) is 0 Å². The normalized spacial score (nSPS) is 25.6. The zero-order valence-corrected chi connectivity index (χ0v) is 16.2. The van der Waals surface area contributed by atoms with Crippen molar-refractivity contribution < 1.29 is 19.0 Å². The van der Waals surface area contributed by atoms with Crippen LogP contribution in [-0.2, 0) is 0 Å². The van der Waals surface area contributed by atoms with Gasteiger partial charge in [-0.1, -0.05) is 6.08 Å². The van der Waals surface area contributed by atoms with Gasteiger partial charge in [-0.2, -0.15) is 0 Å². The third-order valence-electron chi connectivity index (χ3n) is 6.13. The molecule has 0 amide bonds. The number of fused-ring (bicyclic) bond motifs is 1. The van der Waals surface area contributed by atoms with Crippen molar-refractivity contribution in [2.45, 2.75) is 38.4 Å². The lowest BCUT2D eigenvalue weighted by molar-refractivity contribution is 0.0694. The molecule has 1 saturated heterocycles. The van der Waals surface area contributed by atoms with Gasteiger partial charge >= 0.3 is 5.97 Å². The predicted molar refractivity (Wildman–Crippen MR) is 107 cm³/mol. The first-order valence-electron chi connectivity index (χ1n) is 9.82. The fourth-order valence-electron chi connectivity index (χ4n) is 4.67. The lowest BCUT2D eigenvalue weighted by Gasteiger charge is -2.31. The molecule has 0 bridgehead atoms. The maximum absolute atomic E-state index is 15.3. The number of pyridine rings is 1. The number of hydrogen-bond acceptors (Lipinski definition) is 5. The lowest BCUT2D eigenvalue weighted by atomic mass is 10.0. The van der Waals surface area contributed by atoms with E-state index in [0.717, 1.165) is 12.5 Å². The molecule has 1 aromatic carbocycles. The average Bonchev–Trinajstić information content (AvgIpc) is 3.08. The molecule has 0 spiro atoms. The SMILES string of the molecule is CC1CC=C2CN(c3c(F)cc4c(=O)c(C(=O)O)cn5c4c3OC[C@@H]5C)CC2N1. The van der Waals surface area contributed by atoms with E-state index in [-0.39, 0.29) is 29.6 Å². The lowest BCUT2D eigenvalue weighted by Crippen LogP contribution is -2.41. The van der Waals surface area contributed by atoms with E-state index >= 15 is 4.39 Å². The van der Waals surface area contributed by atoms with Gasteiger partial charge in [0, 0.05) is 31.4 Å². The van der Waals surface area contributed by atoms with Crippen LogP contribution < -0.4 is 20.4 Å². The first kappa shape index (κ1) is 18.2. The summed E-state index contributed by atoms with van der Waals surface area (Å²) in [4.78, 5) is 26.2. The van der Waals surface area contributed by atoms with Crippen molar-refractivity contribution in [2.75, 3.05) is 24.6 Å². The number of anilines is 1. The Bertz CT molecular complexity index is 1140. The van der Waals surface area contributed by atoms with E-state index in [1.807, 2.05) is 11.8 Å². The summed E-state index contributed by atoms with van der Waals surface area (Å²) in [5.41, 5.74) is 0.977. The number of aromatic carboxylic acids is 1. The minimum absolute atomic E-state index is 0.0373. The maximum Gasteiger partial charge on any atom is 0.341 e. The highest BCUT2D eigenvalue weighted by Crippen LogP contribution is 2.43. The zero-order chi connectivity index (χ0) is 20.4. The molecule has 29 heavy (non-hydrogen) atoms. The summed E-state index contributed by atoms with van der Waals surface area (Å²) in [6, 6.07) is 1.53. The van der Waals surface area contributed by atoms with Gasteiger partial charge in [0.15, 0.2) is 11.6 Å². The molecule has 2 unspecified atom stereocenters. The third-order valence-corrected chi connectivity index (χ3v) is 6.13. The van der Waals surface area contributed by atoms with Gasteiger partial charge in [-0.3, -0.25) is 4.79 Å². The molecule has 152 valence electrons. The Morgan fingerprint density at radius 2 is 2.17 bits per heavy atom. The summed E-state index contributed by atoms with van der Waals surface area (Å²) >= 11 is 0. The second-order valence-corrected chi connectivity index (χ2v) is 8.19. The second kappa shape index (κ2) is 6.32. The van der Waals surface area contributed by atoms with Crippen molar-refractivity contribution in [2.24, 2.45) is 0 Å². The van der Waals surface area contributed by atoms with Gasteiger partial charge in [0.05, 0.1) is 16.9 Å². The Morgan fingerprint density at radius 1 is 1.38 bits per heavy atom. The van der Waals surface area contributed by atoms with E-state index in [1.165, 1.54) is 11.8 Å². The smallest absolute Gasteiger partial charge is 0.341 e. The number of nitrogens with zero attached hydrogens (tertiary/aromatic N) is 2. The van der Waals surface area contributed by atoms with Crippen LogP contribution in [0, 0.1) is 5.82 Å². The molecule has 3 aliphatic rings. The van der Waals surface area contributed by atoms with Crippen LogP contribution >= 0.6 is 0 Å². The van der Waals surface area contributed by atoms with Crippen LogP contribution in [0.4, 0.5) is 10.1 Å². The fourth-order valence-corrected chi connectivity index (χ4v) is 4.67. The van der Waals surface area contributed by atoms with Crippen molar-refractivity contribution in [1.29, 1.82) is 0 Å². The van der Waals surface area contributed by atoms with E-state index in [2.05, 4.69) is 18.3 Å². The van der Waals surface area contributed by atoms with E-state index < -0.39 is 17.2 Å². The standard InChI is InChI=1S/C21H22FN3O4/c1-10-3-4-12-6-24(8-16(12)23-10)18-15(22)5-13-17-20(18)29-9-11(2)25(17)7-14(19(13)26)21(27)28/h4-5,7,10-11,16,23H,3,6,8-9H2,1-2H3,(H,27,28)/t10?,11-,16?/m0/s1. The van der Waals surface area contributed by atoms with Crippen molar-refractivity contribution in [3.05, 3.63) is 45.5 Å². The van der Waals surface area contributed by atoms with Crippen LogP contribution in [0.3, 0.4) is 0 Å². The predicted octanol–water partition coefficient (Wildman–Crippen LogP) is 2.29. The molecular formula is C21H22FN3O4. The molecule has 0 radical (unpaired) electrons. The van der Waals surface area contributed by atoms with Gasteiger partial charge in [0.1, 0.15) is 17.9 Å². The van der Waals surface area contributed by atoms with Crippen LogP contribution in [0.5, 0.6) is 5.75 Å². The average molecular weight is 399 g/mol. The molecule has 1 aromatic heterocycles. The first-order chi connectivity index (χ1) is 13.8. The molecule has 2 N–H and O–H groups in total. The van der Waals surface area contributed by atoms with Crippen LogP contribution in [0.1, 0.15) is 36.7 Å². The number of carboxylic acid groups (broad SMARTS) is 1. The summed E-state index contributed by atoms with van der Waals surface area (Å²) in [5.74, 6) is -1.57. The fraction of sp³-hybridized carbons (Fsp3) is 0.429. The van der Waals surface area contributed by atoms with Crippen LogP contribution in [0.25, 0.3) is 10.9 Å². The van der Waals surface area contributed by atoms with Gasteiger partial charge in [0.25, 0.3) is 0 Å². The molecule has 5 rings (SSSR count). The Hall–Kier alpha value is -2.87. The van der Waals surface area contributed by atoms with Gasteiger partial charge in [-0.25, -0.2) is 9.18 Å². The first-order valence-corrected chi connectivity index (χ1v) is 9.82. The highest BCUT2D eigenvalue weighted by molar-refractivity contribution is 5.97. The summed E-state index contributed by atoms with van der Waals surface area (Å²) in [7, 11) is 0. The van der Waals surface area contributed by atoms with Crippen LogP contribution in [0.15, 0.2) is 28.7 Å². The molecule has 3 aliphatic heterocycles. The number of aromatic nitrogens is 1. The Labute approximate surface area is 166 Å².